The van der Waals surface area contributed by atoms with Crippen molar-refractivity contribution < 1.29 is 28.6 Å². The predicted octanol–water partition coefficient (Wildman–Crippen LogP) is 5.28. The Morgan fingerprint density at radius 1 is 0.787 bits per heavy atom. The Balaban J connectivity index is 1.19. The highest BCUT2D eigenvalue weighted by molar-refractivity contribution is 5.96. The lowest BCUT2D eigenvalue weighted by Gasteiger charge is -2.26. The normalized spacial score (nSPS) is 14.1. The number of rotatable bonds is 10. The molecule has 0 radical (unpaired) electrons. The van der Waals surface area contributed by atoms with E-state index in [1.807, 2.05) is 45.0 Å². The summed E-state index contributed by atoms with van der Waals surface area (Å²) in [6, 6.07) is 14.6. The Kier molecular flexibility index (Phi) is 11.8. The number of ether oxygens (including phenoxy) is 3. The molecule has 1 aromatic heterocycles. The molecule has 12 nitrogen and oxygen atoms in total. The maximum Gasteiger partial charge on any atom is 0.410 e. The van der Waals surface area contributed by atoms with Gasteiger partial charge >= 0.3 is 12.1 Å². The summed E-state index contributed by atoms with van der Waals surface area (Å²) >= 11 is 0. The molecule has 12 heteroatoms. The van der Waals surface area contributed by atoms with Gasteiger partial charge < -0.3 is 29.7 Å². The molecular formula is C35H46N6O6. The third kappa shape index (κ3) is 11.9. The van der Waals surface area contributed by atoms with Gasteiger partial charge in [-0.1, -0.05) is 12.1 Å². The van der Waals surface area contributed by atoms with Crippen LogP contribution in [0.25, 0.3) is 11.1 Å². The lowest BCUT2D eigenvalue weighted by atomic mass is 10.1. The van der Waals surface area contributed by atoms with Crippen molar-refractivity contribution in [3.05, 3.63) is 66.5 Å². The number of nitrogens with zero attached hydrogens (tertiary/aromatic N) is 4. The predicted molar refractivity (Wildman–Crippen MR) is 180 cm³/mol. The van der Waals surface area contributed by atoms with Crippen molar-refractivity contribution >= 4 is 29.6 Å². The van der Waals surface area contributed by atoms with Crippen molar-refractivity contribution in [3.63, 3.8) is 0 Å². The highest BCUT2D eigenvalue weighted by atomic mass is 16.6. The van der Waals surface area contributed by atoms with Crippen molar-refractivity contribution in [2.75, 3.05) is 51.2 Å². The quantitative estimate of drug-likeness (QED) is 0.280. The van der Waals surface area contributed by atoms with Crippen LogP contribution < -0.4 is 15.4 Å². The summed E-state index contributed by atoms with van der Waals surface area (Å²) in [5.41, 5.74) is 1.79. The lowest BCUT2D eigenvalue weighted by Crippen LogP contribution is -2.39. The van der Waals surface area contributed by atoms with Gasteiger partial charge in [-0.25, -0.2) is 14.8 Å². The van der Waals surface area contributed by atoms with Crippen LogP contribution in [0.1, 0.15) is 58.3 Å². The summed E-state index contributed by atoms with van der Waals surface area (Å²) in [7, 11) is 0. The summed E-state index contributed by atoms with van der Waals surface area (Å²) in [6.07, 6.45) is 4.06. The smallest absolute Gasteiger partial charge is 0.410 e. The maximum atomic E-state index is 12.4. The van der Waals surface area contributed by atoms with Gasteiger partial charge in [0.2, 0.25) is 5.95 Å². The molecule has 2 N–H and O–H groups in total. The number of benzene rings is 2. The number of aromatic nitrogens is 2. The summed E-state index contributed by atoms with van der Waals surface area (Å²) < 4.78 is 16.7. The van der Waals surface area contributed by atoms with E-state index in [9.17, 15) is 14.4 Å². The summed E-state index contributed by atoms with van der Waals surface area (Å²) in [5, 5.41) is 5.77. The van der Waals surface area contributed by atoms with Gasteiger partial charge in [-0.05, 0) is 89.9 Å². The van der Waals surface area contributed by atoms with E-state index in [1.54, 1.807) is 62.3 Å². The van der Waals surface area contributed by atoms with Crippen molar-refractivity contribution in [1.82, 2.24) is 25.1 Å². The number of esters is 1. The van der Waals surface area contributed by atoms with E-state index >= 15 is 0 Å². The number of amides is 2. The SMILES string of the molecule is CC(C)(C)OC(=O)CNC(=O)c1ccc(-c2cnc(Nc3ccc(OCCN4CCCN(C(=O)OC(C)(C)C)CC4)cc3)nc2)cc1. The molecule has 0 atom stereocenters. The van der Waals surface area contributed by atoms with E-state index < -0.39 is 17.2 Å². The molecule has 1 saturated heterocycles. The van der Waals surface area contributed by atoms with Crippen LogP contribution >= 0.6 is 0 Å². The van der Waals surface area contributed by atoms with Crippen LogP contribution in [-0.2, 0) is 14.3 Å². The number of anilines is 2. The van der Waals surface area contributed by atoms with E-state index in [0.717, 1.165) is 48.6 Å². The number of hydrogen-bond acceptors (Lipinski definition) is 10. The number of nitrogens with one attached hydrogen (secondary N) is 2. The molecule has 47 heavy (non-hydrogen) atoms. The summed E-state index contributed by atoms with van der Waals surface area (Å²) in [5.74, 6) is 0.356. The molecular weight excluding hydrogens is 600 g/mol. The summed E-state index contributed by atoms with van der Waals surface area (Å²) in [6.45, 7) is 15.1. The average Bonchev–Trinajstić information content (AvgIpc) is 3.26. The van der Waals surface area contributed by atoms with Gasteiger partial charge in [0.1, 0.15) is 30.1 Å². The highest BCUT2D eigenvalue weighted by Gasteiger charge is 2.24. The largest absolute Gasteiger partial charge is 0.492 e. The molecule has 3 aromatic rings. The van der Waals surface area contributed by atoms with Crippen LogP contribution in [0.15, 0.2) is 60.9 Å². The molecule has 0 bridgehead atoms. The van der Waals surface area contributed by atoms with E-state index in [4.69, 9.17) is 14.2 Å². The standard InChI is InChI=1S/C35H46N6O6/c1-34(2,3)46-30(42)24-36-31(43)26-10-8-25(9-11-26)27-22-37-32(38-23-27)39-28-12-14-29(15-13-28)45-21-20-40-16-7-17-41(19-18-40)33(44)47-35(4,5)6/h8-15,22-23H,7,16-21,24H2,1-6H3,(H,36,43)(H,37,38,39). The Morgan fingerprint density at radius 3 is 2.09 bits per heavy atom. The van der Waals surface area contributed by atoms with Crippen LogP contribution in [0.2, 0.25) is 0 Å². The molecule has 0 saturated carbocycles. The van der Waals surface area contributed by atoms with Gasteiger partial charge in [0.05, 0.1) is 0 Å². The van der Waals surface area contributed by atoms with Crippen LogP contribution in [0.5, 0.6) is 5.75 Å². The van der Waals surface area contributed by atoms with E-state index in [0.29, 0.717) is 31.2 Å². The Bertz CT molecular complexity index is 1480. The maximum absolute atomic E-state index is 12.4. The minimum atomic E-state index is -0.609. The molecule has 2 aromatic carbocycles. The zero-order chi connectivity index (χ0) is 34.0. The van der Waals surface area contributed by atoms with Crippen LogP contribution in [0.4, 0.5) is 16.4 Å². The zero-order valence-electron chi connectivity index (χ0n) is 28.2. The lowest BCUT2D eigenvalue weighted by molar-refractivity contribution is -0.153. The van der Waals surface area contributed by atoms with Gasteiger partial charge in [-0.3, -0.25) is 14.5 Å². The zero-order valence-corrected chi connectivity index (χ0v) is 28.2. The molecule has 1 fully saturated rings. The van der Waals surface area contributed by atoms with Gasteiger partial charge in [-0.2, -0.15) is 0 Å². The first-order valence-electron chi connectivity index (χ1n) is 15.9. The molecule has 1 aliphatic heterocycles. The van der Waals surface area contributed by atoms with Crippen LogP contribution in [0.3, 0.4) is 0 Å². The van der Waals surface area contributed by atoms with Gasteiger partial charge in [0, 0.05) is 61.9 Å². The molecule has 252 valence electrons. The number of carbonyl (C=O) groups excluding carboxylic acids is 3. The Labute approximate surface area is 276 Å². The van der Waals surface area contributed by atoms with E-state index in [1.165, 1.54) is 0 Å². The van der Waals surface area contributed by atoms with Crippen LogP contribution in [0, 0.1) is 0 Å². The first-order chi connectivity index (χ1) is 22.2. The van der Waals surface area contributed by atoms with Crippen molar-refractivity contribution in [1.29, 1.82) is 0 Å². The van der Waals surface area contributed by atoms with Crippen molar-refractivity contribution in [3.8, 4) is 16.9 Å². The molecule has 0 spiro atoms. The van der Waals surface area contributed by atoms with E-state index in [-0.39, 0.29) is 18.5 Å². The van der Waals surface area contributed by atoms with E-state index in [2.05, 4.69) is 25.5 Å². The number of hydrogen-bond donors (Lipinski definition) is 2. The first-order valence-corrected chi connectivity index (χ1v) is 15.9. The summed E-state index contributed by atoms with van der Waals surface area (Å²) in [4.78, 5) is 49.6. The van der Waals surface area contributed by atoms with Gasteiger partial charge in [0.15, 0.2) is 0 Å². The Hall–Kier alpha value is -4.71. The fourth-order valence-corrected chi connectivity index (χ4v) is 4.75. The minimum absolute atomic E-state index is 0.201. The van der Waals surface area contributed by atoms with Gasteiger partial charge in [0.25, 0.3) is 5.91 Å². The van der Waals surface area contributed by atoms with Crippen molar-refractivity contribution in [2.24, 2.45) is 0 Å². The second kappa shape index (κ2) is 15.7. The van der Waals surface area contributed by atoms with Crippen molar-refractivity contribution in [2.45, 2.75) is 59.2 Å². The molecule has 1 aliphatic rings. The third-order valence-corrected chi connectivity index (χ3v) is 6.97. The molecule has 2 heterocycles. The molecule has 2 amide bonds. The Morgan fingerprint density at radius 2 is 1.45 bits per heavy atom. The molecule has 0 unspecified atom stereocenters. The van der Waals surface area contributed by atoms with Crippen LogP contribution in [-0.4, -0.2) is 94.8 Å². The topological polar surface area (TPSA) is 135 Å². The second-order valence-electron chi connectivity index (χ2n) is 13.3. The fourth-order valence-electron chi connectivity index (χ4n) is 4.75. The number of carbonyl (C=O) groups is 3. The highest BCUT2D eigenvalue weighted by Crippen LogP contribution is 2.22. The second-order valence-corrected chi connectivity index (χ2v) is 13.3. The monoisotopic (exact) mass is 646 g/mol. The minimum Gasteiger partial charge on any atom is -0.492 e. The van der Waals surface area contributed by atoms with Gasteiger partial charge in [-0.15, -0.1) is 0 Å². The average molecular weight is 647 g/mol. The molecule has 4 rings (SSSR count). The molecule has 0 aliphatic carbocycles. The fraction of sp³-hybridized carbons (Fsp3) is 0.457. The third-order valence-electron chi connectivity index (χ3n) is 6.97. The first kappa shape index (κ1) is 35.1.